The Kier molecular flexibility index (Phi) is 6.07. The monoisotopic (exact) mass is 494 g/mol. The number of piperidine rings is 1. The summed E-state index contributed by atoms with van der Waals surface area (Å²) in [7, 11) is 0. The average Bonchev–Trinajstić information content (AvgIpc) is 3.63. The molecule has 1 aliphatic carbocycles. The normalized spacial score (nSPS) is 20.2. The number of pyridine rings is 2. The number of hydrogen-bond acceptors (Lipinski definition) is 5. The number of benzene rings is 1. The molecule has 0 radical (unpaired) electrons. The van der Waals surface area contributed by atoms with Crippen LogP contribution < -0.4 is 10.9 Å². The molecule has 3 heterocycles. The summed E-state index contributed by atoms with van der Waals surface area (Å²) in [5, 5.41) is 4.29. The number of nitrogens with one attached hydrogen (secondary N) is 2. The minimum absolute atomic E-state index is 0.121. The average molecular weight is 495 g/mol. The van der Waals surface area contributed by atoms with Crippen LogP contribution in [0.15, 0.2) is 29.2 Å². The standard InChI is InChI=1S/C27H28F2N4O3/c1-27(2,3)36-26(35)33-11-10-21(20(29)14-33)31-24-18-9-8-17(28)12-19(18)22-23(32-24)16(13-30-25(22)34)7-6-15-4-5-15/h8-9,12-13,15,20-21H,4-5,10-11,14H2,1-3H3,(H,30,34)(H,31,32)/t20-,21-/m0/s1. The summed E-state index contributed by atoms with van der Waals surface area (Å²) in [5.74, 6) is 6.45. The van der Waals surface area contributed by atoms with Crippen molar-refractivity contribution in [2.45, 2.75) is 57.8 Å². The van der Waals surface area contributed by atoms with Gasteiger partial charge in [0.15, 0.2) is 0 Å². The van der Waals surface area contributed by atoms with E-state index in [9.17, 15) is 14.0 Å². The summed E-state index contributed by atoms with van der Waals surface area (Å²) in [6.45, 7) is 5.48. The molecule has 2 N–H and O–H groups in total. The third kappa shape index (κ3) is 4.99. The highest BCUT2D eigenvalue weighted by atomic mass is 19.1. The number of nitrogens with zero attached hydrogens (tertiary/aromatic N) is 2. The summed E-state index contributed by atoms with van der Waals surface area (Å²) in [5.41, 5.74) is -0.193. The lowest BCUT2D eigenvalue weighted by molar-refractivity contribution is 0.0125. The van der Waals surface area contributed by atoms with Crippen molar-refractivity contribution >= 4 is 33.6 Å². The maximum Gasteiger partial charge on any atom is 0.410 e. The number of carbonyl (C=O) groups is 1. The largest absolute Gasteiger partial charge is 0.444 e. The Morgan fingerprint density at radius 2 is 2.03 bits per heavy atom. The van der Waals surface area contributed by atoms with Crippen LogP contribution in [0.5, 0.6) is 0 Å². The number of rotatable bonds is 2. The van der Waals surface area contributed by atoms with Crippen molar-refractivity contribution in [1.29, 1.82) is 0 Å². The van der Waals surface area contributed by atoms with Gasteiger partial charge in [0.05, 0.1) is 29.1 Å². The maximum absolute atomic E-state index is 15.2. The van der Waals surface area contributed by atoms with Gasteiger partial charge in [-0.1, -0.05) is 11.8 Å². The van der Waals surface area contributed by atoms with Gasteiger partial charge in [0, 0.05) is 29.4 Å². The number of alkyl halides is 1. The van der Waals surface area contributed by atoms with Crippen LogP contribution in [0.2, 0.25) is 0 Å². The van der Waals surface area contributed by atoms with E-state index in [0.29, 0.717) is 46.6 Å². The zero-order chi connectivity index (χ0) is 25.6. The van der Waals surface area contributed by atoms with Gasteiger partial charge >= 0.3 is 6.09 Å². The van der Waals surface area contributed by atoms with Gasteiger partial charge in [0.25, 0.3) is 5.56 Å². The Balaban J connectivity index is 1.50. The Hall–Kier alpha value is -3.67. The van der Waals surface area contributed by atoms with Crippen LogP contribution in [0.1, 0.15) is 45.6 Å². The van der Waals surface area contributed by atoms with E-state index in [1.807, 2.05) is 0 Å². The third-order valence-corrected chi connectivity index (χ3v) is 6.30. The number of fused-ring (bicyclic) bond motifs is 3. The number of aromatic nitrogens is 2. The van der Waals surface area contributed by atoms with Crippen LogP contribution in [0.4, 0.5) is 19.4 Å². The highest BCUT2D eigenvalue weighted by Crippen LogP contribution is 2.32. The van der Waals surface area contributed by atoms with E-state index in [-0.39, 0.29) is 11.9 Å². The Labute approximate surface area is 207 Å². The number of likely N-dealkylation sites (tertiary alicyclic amines) is 1. The number of carbonyl (C=O) groups excluding carboxylic acids is 1. The molecule has 0 unspecified atom stereocenters. The SMILES string of the molecule is CC(C)(C)OC(=O)N1CC[C@H](Nc2nc3c(C#CC4CC4)c[nH]c(=O)c3c3cc(F)ccc23)[C@@H](F)C1. The third-order valence-electron chi connectivity index (χ3n) is 6.30. The van der Waals surface area contributed by atoms with Gasteiger partial charge in [-0.2, -0.15) is 0 Å². The number of aromatic amines is 1. The Morgan fingerprint density at radius 3 is 2.72 bits per heavy atom. The number of halogens is 2. The van der Waals surface area contributed by atoms with Crippen molar-refractivity contribution < 1.29 is 18.3 Å². The van der Waals surface area contributed by atoms with Gasteiger partial charge in [-0.15, -0.1) is 0 Å². The van der Waals surface area contributed by atoms with Crippen molar-refractivity contribution in [3.8, 4) is 11.8 Å². The number of H-pyrrole nitrogens is 1. The van der Waals surface area contributed by atoms with Crippen molar-refractivity contribution in [2.75, 3.05) is 18.4 Å². The van der Waals surface area contributed by atoms with Crippen molar-refractivity contribution in [3.05, 3.63) is 46.1 Å². The van der Waals surface area contributed by atoms with E-state index < -0.39 is 35.3 Å². The summed E-state index contributed by atoms with van der Waals surface area (Å²) >= 11 is 0. The first-order valence-corrected chi connectivity index (χ1v) is 12.1. The fraction of sp³-hybridized carbons (Fsp3) is 0.444. The molecule has 1 saturated carbocycles. The van der Waals surface area contributed by atoms with Crippen molar-refractivity contribution in [2.24, 2.45) is 5.92 Å². The summed E-state index contributed by atoms with van der Waals surface area (Å²) in [4.78, 5) is 33.9. The van der Waals surface area contributed by atoms with E-state index in [0.717, 1.165) is 12.8 Å². The van der Waals surface area contributed by atoms with E-state index >= 15 is 4.39 Å². The van der Waals surface area contributed by atoms with E-state index in [4.69, 9.17) is 9.72 Å². The number of anilines is 1. The van der Waals surface area contributed by atoms with Gasteiger partial charge in [0.1, 0.15) is 23.4 Å². The number of amides is 1. The number of hydrogen-bond donors (Lipinski definition) is 2. The molecule has 0 spiro atoms. The molecule has 9 heteroatoms. The zero-order valence-electron chi connectivity index (χ0n) is 20.5. The fourth-order valence-electron chi connectivity index (χ4n) is 4.34. The number of ether oxygens (including phenoxy) is 1. The van der Waals surface area contributed by atoms with Gasteiger partial charge in [-0.25, -0.2) is 18.6 Å². The molecule has 2 aromatic heterocycles. The van der Waals surface area contributed by atoms with E-state index in [2.05, 4.69) is 22.1 Å². The highest BCUT2D eigenvalue weighted by molar-refractivity contribution is 6.10. The highest BCUT2D eigenvalue weighted by Gasteiger charge is 2.34. The summed E-state index contributed by atoms with van der Waals surface area (Å²) in [6, 6.07) is 3.47. The van der Waals surface area contributed by atoms with E-state index in [1.54, 1.807) is 20.8 Å². The molecule has 3 aromatic rings. The Morgan fingerprint density at radius 1 is 1.25 bits per heavy atom. The van der Waals surface area contributed by atoms with Crippen LogP contribution in [0.25, 0.3) is 21.7 Å². The first kappa shape index (κ1) is 24.0. The van der Waals surface area contributed by atoms with Crippen LogP contribution in [0, 0.1) is 23.6 Å². The molecule has 1 aromatic carbocycles. The first-order valence-electron chi connectivity index (χ1n) is 12.1. The molecule has 2 atom stereocenters. The molecular weight excluding hydrogens is 466 g/mol. The van der Waals surface area contributed by atoms with E-state index in [1.165, 1.54) is 29.3 Å². The molecule has 7 nitrogen and oxygen atoms in total. The smallest absolute Gasteiger partial charge is 0.410 e. The lowest BCUT2D eigenvalue weighted by atomic mass is 10.0. The molecule has 1 amide bonds. The molecule has 1 saturated heterocycles. The van der Waals surface area contributed by atoms with Gasteiger partial charge in [-0.3, -0.25) is 4.79 Å². The molecule has 188 valence electrons. The molecule has 5 rings (SSSR count). The first-order chi connectivity index (χ1) is 17.1. The predicted octanol–water partition coefficient (Wildman–Crippen LogP) is 4.74. The Bertz CT molecular complexity index is 1460. The topological polar surface area (TPSA) is 87.3 Å². The van der Waals surface area contributed by atoms with Crippen LogP contribution >= 0.6 is 0 Å². The lowest BCUT2D eigenvalue weighted by Crippen LogP contribution is -2.51. The molecule has 0 bridgehead atoms. The quantitative estimate of drug-likeness (QED) is 0.397. The van der Waals surface area contributed by atoms with Gasteiger partial charge < -0.3 is 19.9 Å². The maximum atomic E-state index is 15.2. The molecule has 36 heavy (non-hydrogen) atoms. The summed E-state index contributed by atoms with van der Waals surface area (Å²) < 4.78 is 34.9. The van der Waals surface area contributed by atoms with Crippen molar-refractivity contribution in [1.82, 2.24) is 14.9 Å². The second kappa shape index (κ2) is 9.08. The lowest BCUT2D eigenvalue weighted by Gasteiger charge is -2.36. The second-order valence-corrected chi connectivity index (χ2v) is 10.4. The van der Waals surface area contributed by atoms with Crippen LogP contribution in [0.3, 0.4) is 0 Å². The molecule has 2 fully saturated rings. The molecule has 1 aliphatic heterocycles. The minimum atomic E-state index is -1.38. The van der Waals surface area contributed by atoms with Gasteiger partial charge in [-0.05, 0) is 58.2 Å². The zero-order valence-corrected chi connectivity index (χ0v) is 20.5. The minimum Gasteiger partial charge on any atom is -0.444 e. The molecular formula is C27H28F2N4O3. The predicted molar refractivity (Wildman–Crippen MR) is 134 cm³/mol. The van der Waals surface area contributed by atoms with Crippen LogP contribution in [-0.4, -0.2) is 51.9 Å². The second-order valence-electron chi connectivity index (χ2n) is 10.4. The van der Waals surface area contributed by atoms with Gasteiger partial charge in [0.2, 0.25) is 0 Å². The van der Waals surface area contributed by atoms with Crippen molar-refractivity contribution in [3.63, 3.8) is 0 Å². The fourth-order valence-corrected chi connectivity index (χ4v) is 4.34. The summed E-state index contributed by atoms with van der Waals surface area (Å²) in [6.07, 6.45) is 2.00. The molecule has 2 aliphatic rings. The van der Waals surface area contributed by atoms with Crippen LogP contribution in [-0.2, 0) is 4.74 Å².